The Morgan fingerprint density at radius 3 is 2.52 bits per heavy atom. The second kappa shape index (κ2) is 8.30. The van der Waals surface area contributed by atoms with Gasteiger partial charge in [-0.25, -0.2) is 8.42 Å². The molecular weight excluding hydrogens is 361 g/mol. The van der Waals surface area contributed by atoms with Crippen molar-refractivity contribution in [1.29, 1.82) is 0 Å². The molecule has 0 saturated carbocycles. The van der Waals surface area contributed by atoms with Crippen LogP contribution in [0.5, 0.6) is 0 Å². The van der Waals surface area contributed by atoms with Crippen LogP contribution in [0.4, 0.5) is 0 Å². The monoisotopic (exact) mass is 381 g/mol. The number of nitrogens with two attached hydrogens (primary N) is 1. The van der Waals surface area contributed by atoms with Crippen LogP contribution in [0.1, 0.15) is 6.42 Å². The first-order chi connectivity index (χ1) is 10.3. The highest BCUT2D eigenvalue weighted by Gasteiger charge is 2.29. The number of hydrogen-bond donors (Lipinski definition) is 1. The minimum absolute atomic E-state index is 0. The maximum absolute atomic E-state index is 12.4. The average Bonchev–Trinajstić information content (AvgIpc) is 2.96. The SMILES string of the molecule is CN(CC(=O)N1CCC(CN)C1)S(=O)(=O)c1ccc(Cl)cc1.Cl. The third-order valence-electron chi connectivity index (χ3n) is 3.85. The Balaban J connectivity index is 0.00000264. The number of likely N-dealkylation sites (N-methyl/N-ethyl adjacent to an activating group) is 1. The van der Waals surface area contributed by atoms with E-state index in [0.717, 1.165) is 10.7 Å². The van der Waals surface area contributed by atoms with Crippen molar-refractivity contribution in [2.24, 2.45) is 11.7 Å². The number of halogens is 2. The summed E-state index contributed by atoms with van der Waals surface area (Å²) >= 11 is 5.76. The van der Waals surface area contributed by atoms with Crippen molar-refractivity contribution in [1.82, 2.24) is 9.21 Å². The van der Waals surface area contributed by atoms with E-state index >= 15 is 0 Å². The molecule has 1 heterocycles. The standard InChI is InChI=1S/C14H20ClN3O3S.ClH/c1-17(10-14(19)18-7-6-11(8-16)9-18)22(20,21)13-4-2-12(15)3-5-13;/h2-5,11H,6-10,16H2,1H3;1H. The van der Waals surface area contributed by atoms with Crippen LogP contribution < -0.4 is 5.73 Å². The van der Waals surface area contributed by atoms with Crippen LogP contribution in [0.25, 0.3) is 0 Å². The summed E-state index contributed by atoms with van der Waals surface area (Å²) in [4.78, 5) is 14.0. The van der Waals surface area contributed by atoms with Crippen LogP contribution in [0, 0.1) is 5.92 Å². The van der Waals surface area contributed by atoms with Gasteiger partial charge in [-0.2, -0.15) is 4.31 Å². The van der Waals surface area contributed by atoms with Gasteiger partial charge >= 0.3 is 0 Å². The minimum atomic E-state index is -3.70. The number of benzene rings is 1. The van der Waals surface area contributed by atoms with Gasteiger partial charge in [0.05, 0.1) is 11.4 Å². The molecule has 2 N–H and O–H groups in total. The lowest BCUT2D eigenvalue weighted by atomic mass is 10.1. The zero-order chi connectivity index (χ0) is 16.3. The highest BCUT2D eigenvalue weighted by Crippen LogP contribution is 2.19. The van der Waals surface area contributed by atoms with Gasteiger partial charge in [-0.1, -0.05) is 11.6 Å². The van der Waals surface area contributed by atoms with E-state index < -0.39 is 10.0 Å². The Kier molecular flexibility index (Phi) is 7.29. The summed E-state index contributed by atoms with van der Waals surface area (Å²) in [7, 11) is -2.30. The Morgan fingerprint density at radius 1 is 1.39 bits per heavy atom. The van der Waals surface area contributed by atoms with E-state index in [4.69, 9.17) is 17.3 Å². The van der Waals surface area contributed by atoms with Crippen LogP contribution in [0.2, 0.25) is 5.02 Å². The fraction of sp³-hybridized carbons (Fsp3) is 0.500. The molecule has 1 fully saturated rings. The van der Waals surface area contributed by atoms with Gasteiger partial charge in [-0.3, -0.25) is 4.79 Å². The van der Waals surface area contributed by atoms with E-state index in [1.54, 1.807) is 4.90 Å². The van der Waals surface area contributed by atoms with Gasteiger partial charge in [-0.05, 0) is 43.1 Å². The van der Waals surface area contributed by atoms with E-state index in [-0.39, 0.29) is 29.8 Å². The molecule has 1 amide bonds. The molecule has 1 aliphatic rings. The fourth-order valence-electron chi connectivity index (χ4n) is 2.41. The molecule has 130 valence electrons. The lowest BCUT2D eigenvalue weighted by Crippen LogP contribution is -2.40. The van der Waals surface area contributed by atoms with Gasteiger partial charge in [0.15, 0.2) is 0 Å². The smallest absolute Gasteiger partial charge is 0.243 e. The first-order valence-corrected chi connectivity index (χ1v) is 8.86. The summed E-state index contributed by atoms with van der Waals surface area (Å²) in [6.07, 6.45) is 0.871. The molecule has 1 aromatic rings. The molecule has 2 rings (SSSR count). The Labute approximate surface area is 148 Å². The summed E-state index contributed by atoms with van der Waals surface area (Å²) < 4.78 is 25.9. The molecule has 0 aromatic heterocycles. The van der Waals surface area contributed by atoms with Crippen molar-refractivity contribution in [2.75, 3.05) is 33.2 Å². The van der Waals surface area contributed by atoms with Gasteiger partial charge in [0, 0.05) is 25.2 Å². The molecular formula is C14H21Cl2N3O3S. The van der Waals surface area contributed by atoms with E-state index in [0.29, 0.717) is 30.6 Å². The number of carbonyl (C=O) groups excluding carboxylic acids is 1. The van der Waals surface area contributed by atoms with Gasteiger partial charge < -0.3 is 10.6 Å². The molecule has 6 nitrogen and oxygen atoms in total. The predicted molar refractivity (Wildman–Crippen MR) is 92.3 cm³/mol. The van der Waals surface area contributed by atoms with Crippen molar-refractivity contribution < 1.29 is 13.2 Å². The summed E-state index contributed by atoms with van der Waals surface area (Å²) in [6.45, 7) is 1.60. The van der Waals surface area contributed by atoms with Crippen LogP contribution >= 0.6 is 24.0 Å². The maximum atomic E-state index is 12.4. The lowest BCUT2D eigenvalue weighted by molar-refractivity contribution is -0.130. The Morgan fingerprint density at radius 2 is 2.00 bits per heavy atom. The van der Waals surface area contributed by atoms with Crippen molar-refractivity contribution >= 4 is 39.9 Å². The highest BCUT2D eigenvalue weighted by atomic mass is 35.5. The number of rotatable bonds is 5. The topological polar surface area (TPSA) is 83.7 Å². The number of sulfonamides is 1. The molecule has 1 unspecified atom stereocenters. The summed E-state index contributed by atoms with van der Waals surface area (Å²) in [6, 6.07) is 5.88. The van der Waals surface area contributed by atoms with E-state index in [1.165, 1.54) is 31.3 Å². The number of nitrogens with zero attached hydrogens (tertiary/aromatic N) is 2. The lowest BCUT2D eigenvalue weighted by Gasteiger charge is -2.21. The van der Waals surface area contributed by atoms with Crippen molar-refractivity contribution in [2.45, 2.75) is 11.3 Å². The number of amides is 1. The van der Waals surface area contributed by atoms with E-state index in [9.17, 15) is 13.2 Å². The van der Waals surface area contributed by atoms with Crippen LogP contribution in [0.3, 0.4) is 0 Å². The van der Waals surface area contributed by atoms with Crippen molar-refractivity contribution in [3.8, 4) is 0 Å². The molecule has 0 aliphatic carbocycles. The van der Waals surface area contributed by atoms with Gasteiger partial charge in [0.1, 0.15) is 0 Å². The third kappa shape index (κ3) is 4.81. The zero-order valence-electron chi connectivity index (χ0n) is 12.8. The van der Waals surface area contributed by atoms with Gasteiger partial charge in [-0.15, -0.1) is 12.4 Å². The third-order valence-corrected chi connectivity index (χ3v) is 5.92. The number of likely N-dealkylation sites (tertiary alicyclic amines) is 1. The molecule has 0 spiro atoms. The summed E-state index contributed by atoms with van der Waals surface area (Å²) in [5, 5.41) is 0.461. The van der Waals surface area contributed by atoms with Crippen LogP contribution in [0.15, 0.2) is 29.2 Å². The van der Waals surface area contributed by atoms with Crippen molar-refractivity contribution in [3.63, 3.8) is 0 Å². The quantitative estimate of drug-likeness (QED) is 0.829. The second-order valence-electron chi connectivity index (χ2n) is 5.45. The fourth-order valence-corrected chi connectivity index (χ4v) is 3.66. The maximum Gasteiger partial charge on any atom is 0.243 e. The average molecular weight is 382 g/mol. The number of hydrogen-bond acceptors (Lipinski definition) is 4. The van der Waals surface area contributed by atoms with Crippen molar-refractivity contribution in [3.05, 3.63) is 29.3 Å². The molecule has 23 heavy (non-hydrogen) atoms. The molecule has 1 aliphatic heterocycles. The van der Waals surface area contributed by atoms with Crippen LogP contribution in [-0.2, 0) is 14.8 Å². The van der Waals surface area contributed by atoms with Gasteiger partial charge in [0.25, 0.3) is 0 Å². The van der Waals surface area contributed by atoms with Crippen LogP contribution in [-0.4, -0.2) is 56.8 Å². The Bertz CT molecular complexity index is 637. The summed E-state index contributed by atoms with van der Waals surface area (Å²) in [5.74, 6) is 0.109. The number of carbonyl (C=O) groups is 1. The molecule has 0 radical (unpaired) electrons. The Hall–Kier alpha value is -0.860. The molecule has 1 saturated heterocycles. The summed E-state index contributed by atoms with van der Waals surface area (Å²) in [5.41, 5.74) is 5.60. The van der Waals surface area contributed by atoms with E-state index in [1.807, 2.05) is 0 Å². The molecule has 0 bridgehead atoms. The molecule has 1 aromatic carbocycles. The first-order valence-electron chi connectivity index (χ1n) is 7.04. The largest absolute Gasteiger partial charge is 0.341 e. The molecule has 1 atom stereocenters. The molecule has 9 heteroatoms. The predicted octanol–water partition coefficient (Wildman–Crippen LogP) is 1.19. The first kappa shape index (κ1) is 20.2. The van der Waals surface area contributed by atoms with Gasteiger partial charge in [0.2, 0.25) is 15.9 Å². The zero-order valence-corrected chi connectivity index (χ0v) is 15.2. The highest BCUT2D eigenvalue weighted by molar-refractivity contribution is 7.89. The minimum Gasteiger partial charge on any atom is -0.341 e. The van der Waals surface area contributed by atoms with E-state index in [2.05, 4.69) is 0 Å². The normalized spacial score (nSPS) is 18.1. The second-order valence-corrected chi connectivity index (χ2v) is 7.93.